The Hall–Kier alpha value is -1.31. The maximum Gasteiger partial charge on any atom is 0.319 e. The minimum Gasteiger partial charge on any atom is -0.468 e. The Morgan fingerprint density at radius 3 is 2.00 bits per heavy atom. The molecule has 5 rings (SSSR count). The van der Waals surface area contributed by atoms with Crippen molar-refractivity contribution in [1.29, 1.82) is 0 Å². The summed E-state index contributed by atoms with van der Waals surface area (Å²) in [4.78, 5) is 26.1. The second kappa shape index (κ2) is 3.84. The van der Waals surface area contributed by atoms with Crippen molar-refractivity contribution in [2.75, 3.05) is 25.7 Å². The van der Waals surface area contributed by atoms with E-state index in [1.165, 1.54) is 14.2 Å². The Balaban J connectivity index is 1.91. The topological polar surface area (TPSA) is 71.1 Å². The van der Waals surface area contributed by atoms with Gasteiger partial charge in [-0.1, -0.05) is 24.3 Å². The van der Waals surface area contributed by atoms with Crippen LogP contribution in [0.4, 0.5) is 0 Å². The standard InChI is InChI=1S/C16H16O6S/c1-19-11(17)15-9-3-5-13(21-9)7-23-8-14(6-4-10(15)22-14)16(13,15)12(18)20-2/h3-6,9-10H,7-8H2,1-2H3/t9-,10+,13-,14+,15?,16?. The monoisotopic (exact) mass is 336 g/mol. The van der Waals surface area contributed by atoms with E-state index in [1.54, 1.807) is 11.8 Å². The Morgan fingerprint density at radius 1 is 1.00 bits per heavy atom. The summed E-state index contributed by atoms with van der Waals surface area (Å²) in [5, 5.41) is 0. The van der Waals surface area contributed by atoms with Gasteiger partial charge in [0.15, 0.2) is 5.41 Å². The maximum atomic E-state index is 13.2. The molecule has 0 aromatic heterocycles. The molecule has 23 heavy (non-hydrogen) atoms. The van der Waals surface area contributed by atoms with E-state index in [-0.39, 0.29) is 0 Å². The number of rotatable bonds is 2. The molecule has 0 N–H and O–H groups in total. The minimum atomic E-state index is -1.24. The second-order valence-electron chi connectivity index (χ2n) is 6.67. The van der Waals surface area contributed by atoms with Crippen LogP contribution in [0.3, 0.4) is 0 Å². The molecule has 0 radical (unpaired) electrons. The average molecular weight is 336 g/mol. The Bertz CT molecular complexity index is 663. The van der Waals surface area contributed by atoms with Gasteiger partial charge in [0, 0.05) is 11.5 Å². The summed E-state index contributed by atoms with van der Waals surface area (Å²) in [6.45, 7) is 0. The molecule has 0 saturated carbocycles. The van der Waals surface area contributed by atoms with E-state index in [0.717, 1.165) is 0 Å². The lowest BCUT2D eigenvalue weighted by atomic mass is 9.46. The number of thioether (sulfide) groups is 1. The van der Waals surface area contributed by atoms with E-state index in [0.29, 0.717) is 11.5 Å². The fraction of sp³-hybridized carbons (Fsp3) is 0.625. The van der Waals surface area contributed by atoms with Crippen LogP contribution in [0.25, 0.3) is 0 Å². The first-order valence-corrected chi connectivity index (χ1v) is 8.69. The number of hydrogen-bond acceptors (Lipinski definition) is 7. The molecule has 5 aliphatic rings. The molecule has 3 fully saturated rings. The van der Waals surface area contributed by atoms with E-state index in [2.05, 4.69) is 0 Å². The van der Waals surface area contributed by atoms with Crippen molar-refractivity contribution < 1.29 is 28.5 Å². The molecule has 4 bridgehead atoms. The fourth-order valence-corrected chi connectivity index (χ4v) is 7.09. The Morgan fingerprint density at radius 2 is 1.52 bits per heavy atom. The van der Waals surface area contributed by atoms with Gasteiger partial charge in [0.2, 0.25) is 0 Å². The van der Waals surface area contributed by atoms with Crippen LogP contribution in [0.2, 0.25) is 0 Å². The van der Waals surface area contributed by atoms with Gasteiger partial charge in [0.1, 0.15) is 16.6 Å². The smallest absolute Gasteiger partial charge is 0.319 e. The molecule has 6 nitrogen and oxygen atoms in total. The molecule has 0 aromatic carbocycles. The van der Waals surface area contributed by atoms with E-state index in [4.69, 9.17) is 18.9 Å². The number of carbonyl (C=O) groups is 2. The zero-order valence-corrected chi connectivity index (χ0v) is 13.6. The zero-order chi connectivity index (χ0) is 16.1. The highest BCUT2D eigenvalue weighted by atomic mass is 32.2. The summed E-state index contributed by atoms with van der Waals surface area (Å²) in [7, 11) is 2.69. The highest BCUT2D eigenvalue weighted by Crippen LogP contribution is 2.78. The quantitative estimate of drug-likeness (QED) is 0.536. The van der Waals surface area contributed by atoms with Crippen molar-refractivity contribution in [2.24, 2.45) is 10.8 Å². The number of hydrogen-bond donors (Lipinski definition) is 0. The molecule has 3 saturated heterocycles. The number of esters is 2. The molecule has 2 spiro atoms. The third kappa shape index (κ3) is 1.03. The summed E-state index contributed by atoms with van der Waals surface area (Å²) < 4.78 is 22.9. The van der Waals surface area contributed by atoms with Crippen LogP contribution in [-0.2, 0) is 28.5 Å². The molecular formula is C16H16O6S. The summed E-state index contributed by atoms with van der Waals surface area (Å²) in [6, 6.07) is 0. The largest absolute Gasteiger partial charge is 0.468 e. The number of ether oxygens (including phenoxy) is 4. The summed E-state index contributed by atoms with van der Waals surface area (Å²) >= 11 is 1.66. The van der Waals surface area contributed by atoms with Gasteiger partial charge in [-0.05, 0) is 0 Å². The Labute approximate surface area is 137 Å². The van der Waals surface area contributed by atoms with Crippen LogP contribution in [0, 0.1) is 10.8 Å². The first-order chi connectivity index (χ1) is 11.0. The summed E-state index contributed by atoms with van der Waals surface area (Å²) in [5.41, 5.74) is -4.26. The molecule has 0 aromatic rings. The van der Waals surface area contributed by atoms with E-state index >= 15 is 0 Å². The zero-order valence-electron chi connectivity index (χ0n) is 12.7. The molecule has 5 heterocycles. The van der Waals surface area contributed by atoms with Crippen LogP contribution >= 0.6 is 11.8 Å². The molecule has 2 unspecified atom stereocenters. The van der Waals surface area contributed by atoms with E-state index in [9.17, 15) is 9.59 Å². The molecular weight excluding hydrogens is 320 g/mol. The molecule has 122 valence electrons. The van der Waals surface area contributed by atoms with Gasteiger partial charge in [0.25, 0.3) is 0 Å². The molecule has 7 heteroatoms. The van der Waals surface area contributed by atoms with Gasteiger partial charge in [0.05, 0.1) is 26.4 Å². The van der Waals surface area contributed by atoms with Crippen molar-refractivity contribution >= 4 is 23.7 Å². The van der Waals surface area contributed by atoms with Gasteiger partial charge in [-0.3, -0.25) is 9.59 Å². The summed E-state index contributed by atoms with van der Waals surface area (Å²) in [5.74, 6) is 0.239. The van der Waals surface area contributed by atoms with Crippen LogP contribution < -0.4 is 0 Å². The molecule has 6 atom stereocenters. The second-order valence-corrected chi connectivity index (χ2v) is 7.65. The lowest BCUT2D eigenvalue weighted by Crippen LogP contribution is -2.73. The number of methoxy groups -OCH3 is 2. The van der Waals surface area contributed by atoms with Gasteiger partial charge in [-0.25, -0.2) is 0 Å². The van der Waals surface area contributed by atoms with E-state index in [1.807, 2.05) is 24.3 Å². The van der Waals surface area contributed by atoms with Crippen molar-refractivity contribution in [3.8, 4) is 0 Å². The van der Waals surface area contributed by atoms with E-state index < -0.39 is 46.2 Å². The minimum absolute atomic E-state index is 0.457. The summed E-state index contributed by atoms with van der Waals surface area (Å²) in [6.07, 6.45) is 6.48. The maximum absolute atomic E-state index is 13.2. The third-order valence-electron chi connectivity index (χ3n) is 6.19. The van der Waals surface area contributed by atoms with Crippen LogP contribution in [0.1, 0.15) is 0 Å². The fourth-order valence-electron chi connectivity index (χ4n) is 5.62. The van der Waals surface area contributed by atoms with Gasteiger partial charge < -0.3 is 18.9 Å². The van der Waals surface area contributed by atoms with Gasteiger partial charge in [-0.2, -0.15) is 11.8 Å². The molecule has 0 aliphatic carbocycles. The lowest BCUT2D eigenvalue weighted by Gasteiger charge is -2.54. The van der Waals surface area contributed by atoms with Crippen LogP contribution in [-0.4, -0.2) is 61.1 Å². The first kappa shape index (κ1) is 14.1. The SMILES string of the molecule is COC(=O)C12[C@@H]3C=C[C@@]4(CSC[C@]5(C=C[C@H]1O5)C24C(=O)OC)O3. The van der Waals surface area contributed by atoms with Crippen LogP contribution in [0.15, 0.2) is 24.3 Å². The number of carbonyl (C=O) groups excluding carboxylic acids is 2. The molecule has 0 amide bonds. The highest BCUT2D eigenvalue weighted by molar-refractivity contribution is 7.99. The van der Waals surface area contributed by atoms with Crippen molar-refractivity contribution in [3.63, 3.8) is 0 Å². The predicted molar refractivity (Wildman–Crippen MR) is 79.7 cm³/mol. The van der Waals surface area contributed by atoms with Crippen molar-refractivity contribution in [2.45, 2.75) is 23.4 Å². The van der Waals surface area contributed by atoms with Gasteiger partial charge in [-0.15, -0.1) is 0 Å². The number of fused-ring (bicyclic) bond motifs is 4. The Kier molecular flexibility index (Phi) is 2.35. The molecule has 5 aliphatic heterocycles. The highest BCUT2D eigenvalue weighted by Gasteiger charge is 2.94. The van der Waals surface area contributed by atoms with Crippen molar-refractivity contribution in [1.82, 2.24) is 0 Å². The third-order valence-corrected chi connectivity index (χ3v) is 7.46. The normalized spacial score (nSPS) is 53.5. The van der Waals surface area contributed by atoms with Gasteiger partial charge >= 0.3 is 11.9 Å². The lowest BCUT2D eigenvalue weighted by molar-refractivity contribution is -0.183. The average Bonchev–Trinajstić information content (AvgIpc) is 3.28. The predicted octanol–water partition coefficient (Wildman–Crippen LogP) is 0.467. The first-order valence-electron chi connectivity index (χ1n) is 7.54. The van der Waals surface area contributed by atoms with Crippen LogP contribution in [0.5, 0.6) is 0 Å². The van der Waals surface area contributed by atoms with Crippen molar-refractivity contribution in [3.05, 3.63) is 24.3 Å².